The lowest BCUT2D eigenvalue weighted by atomic mass is 9.76. The number of hydrogen-bond donors (Lipinski definition) is 0. The van der Waals surface area contributed by atoms with Gasteiger partial charge in [0.25, 0.3) is 0 Å². The zero-order valence-corrected chi connectivity index (χ0v) is 18.4. The summed E-state index contributed by atoms with van der Waals surface area (Å²) < 4.78 is 0. The Balaban J connectivity index is 1.97. The summed E-state index contributed by atoms with van der Waals surface area (Å²) in [5.41, 5.74) is 5.63. The van der Waals surface area contributed by atoms with Gasteiger partial charge in [0.05, 0.1) is 0 Å². The molecule has 0 bridgehead atoms. The fraction of sp³-hybridized carbons (Fsp3) is 0.429. The number of rotatable bonds is 6. The van der Waals surface area contributed by atoms with E-state index in [1.165, 1.54) is 22.3 Å². The highest BCUT2D eigenvalue weighted by Gasteiger charge is 2.24. The van der Waals surface area contributed by atoms with Crippen molar-refractivity contribution in [1.82, 2.24) is 0 Å². The molecule has 0 atom stereocenters. The molecule has 0 unspecified atom stereocenters. The third-order valence-corrected chi connectivity index (χ3v) is 6.19. The van der Waals surface area contributed by atoms with Crippen LogP contribution in [-0.2, 0) is 0 Å². The van der Waals surface area contributed by atoms with Gasteiger partial charge in [-0.15, -0.1) is 0 Å². The lowest BCUT2D eigenvalue weighted by Crippen LogP contribution is -2.15. The van der Waals surface area contributed by atoms with Crippen LogP contribution in [-0.4, -0.2) is 0 Å². The fourth-order valence-corrected chi connectivity index (χ4v) is 4.12. The second-order valence-corrected chi connectivity index (χ2v) is 9.29. The summed E-state index contributed by atoms with van der Waals surface area (Å²) in [5, 5.41) is 0. The van der Waals surface area contributed by atoms with E-state index >= 15 is 0 Å². The maximum Gasteiger partial charge on any atom is 0.0187 e. The predicted molar refractivity (Wildman–Crippen MR) is 123 cm³/mol. The first-order valence-corrected chi connectivity index (χ1v) is 10.9. The summed E-state index contributed by atoms with van der Waals surface area (Å²) in [6.07, 6.45) is 9.69. The van der Waals surface area contributed by atoms with Gasteiger partial charge in [-0.1, -0.05) is 114 Å². The Morgan fingerprint density at radius 1 is 0.464 bits per heavy atom. The van der Waals surface area contributed by atoms with Gasteiger partial charge in [0.2, 0.25) is 0 Å². The molecule has 0 amide bonds. The Kier molecular flexibility index (Phi) is 6.60. The van der Waals surface area contributed by atoms with Crippen molar-refractivity contribution in [2.75, 3.05) is 0 Å². The van der Waals surface area contributed by atoms with E-state index in [2.05, 4.69) is 114 Å². The Hall–Kier alpha value is -2.08. The van der Waals surface area contributed by atoms with E-state index in [-0.39, 0.29) is 0 Å². The van der Waals surface area contributed by atoms with Crippen LogP contribution >= 0.6 is 0 Å². The minimum absolute atomic E-state index is 0.364. The molecule has 2 aromatic carbocycles. The van der Waals surface area contributed by atoms with E-state index in [4.69, 9.17) is 0 Å². The van der Waals surface area contributed by atoms with E-state index in [9.17, 15) is 0 Å². The van der Waals surface area contributed by atoms with Crippen LogP contribution in [0.5, 0.6) is 0 Å². The zero-order valence-electron chi connectivity index (χ0n) is 18.4. The average Bonchev–Trinajstić information content (AvgIpc) is 2.69. The lowest BCUT2D eigenvalue weighted by molar-refractivity contribution is 0.530. The minimum Gasteiger partial charge on any atom is -0.0807 e. The van der Waals surface area contributed by atoms with Crippen molar-refractivity contribution in [1.29, 1.82) is 0 Å². The van der Waals surface area contributed by atoms with Gasteiger partial charge in [-0.25, -0.2) is 0 Å². The van der Waals surface area contributed by atoms with Gasteiger partial charge in [0.15, 0.2) is 0 Å². The lowest BCUT2D eigenvalue weighted by Gasteiger charge is -2.28. The average molecular weight is 373 g/mol. The molecule has 0 N–H and O–H groups in total. The van der Waals surface area contributed by atoms with E-state index < -0.39 is 0 Å². The van der Waals surface area contributed by atoms with E-state index in [1.54, 1.807) is 0 Å². The van der Waals surface area contributed by atoms with E-state index in [0.717, 1.165) is 0 Å². The maximum absolute atomic E-state index is 2.43. The molecule has 3 rings (SSSR count). The van der Waals surface area contributed by atoms with Crippen molar-refractivity contribution in [2.24, 2.45) is 17.8 Å². The third-order valence-electron chi connectivity index (χ3n) is 6.19. The third kappa shape index (κ3) is 4.66. The molecule has 0 heterocycles. The molecule has 0 aliphatic heterocycles. The zero-order chi connectivity index (χ0) is 20.3. The summed E-state index contributed by atoms with van der Waals surface area (Å²) in [5.74, 6) is 3.12. The minimum atomic E-state index is 0.364. The highest BCUT2D eigenvalue weighted by molar-refractivity contribution is 5.40. The van der Waals surface area contributed by atoms with Crippen LogP contribution in [0.2, 0.25) is 0 Å². The van der Waals surface area contributed by atoms with Crippen molar-refractivity contribution < 1.29 is 0 Å². The van der Waals surface area contributed by atoms with Crippen LogP contribution in [0.15, 0.2) is 72.8 Å². The first-order valence-electron chi connectivity index (χ1n) is 10.9. The largest absolute Gasteiger partial charge is 0.0807 e. The standard InChI is InChI=1S/C28H36/c1-19(2)22-7-13-25(14-8-22)28(26-15-9-23(10-16-26)20(3)4)27-17-11-24(12-18-27)21(5)6/h7-22,25,28H,1-6H3. The Labute approximate surface area is 172 Å². The van der Waals surface area contributed by atoms with Gasteiger partial charge >= 0.3 is 0 Å². The van der Waals surface area contributed by atoms with Crippen LogP contribution in [0.4, 0.5) is 0 Å². The SMILES string of the molecule is CC(C)c1ccc(C(c2ccc(C(C)C)cc2)C2C=CC(C(C)C)C=C2)cc1. The van der Waals surface area contributed by atoms with Crippen molar-refractivity contribution in [3.05, 3.63) is 95.1 Å². The fourth-order valence-electron chi connectivity index (χ4n) is 4.12. The second-order valence-electron chi connectivity index (χ2n) is 9.29. The van der Waals surface area contributed by atoms with Crippen molar-refractivity contribution >= 4 is 0 Å². The summed E-state index contributed by atoms with van der Waals surface area (Å²) in [4.78, 5) is 0. The van der Waals surface area contributed by atoms with Crippen LogP contribution in [0.25, 0.3) is 0 Å². The topological polar surface area (TPSA) is 0 Å². The number of hydrogen-bond acceptors (Lipinski definition) is 0. The molecule has 0 saturated carbocycles. The molecule has 1 aliphatic rings. The van der Waals surface area contributed by atoms with Crippen LogP contribution in [0, 0.1) is 17.8 Å². The van der Waals surface area contributed by atoms with Gasteiger partial charge in [-0.05, 0) is 45.9 Å². The molecule has 0 saturated heterocycles. The summed E-state index contributed by atoms with van der Waals surface area (Å²) in [7, 11) is 0. The van der Waals surface area contributed by atoms with E-state index in [0.29, 0.717) is 35.5 Å². The molecular formula is C28H36. The summed E-state index contributed by atoms with van der Waals surface area (Å²) in [6, 6.07) is 18.6. The number of allylic oxidation sites excluding steroid dienone is 4. The van der Waals surface area contributed by atoms with Crippen molar-refractivity contribution in [2.45, 2.75) is 59.3 Å². The van der Waals surface area contributed by atoms with Crippen molar-refractivity contribution in [3.63, 3.8) is 0 Å². The van der Waals surface area contributed by atoms with Crippen molar-refractivity contribution in [3.8, 4) is 0 Å². The van der Waals surface area contributed by atoms with Gasteiger partial charge in [-0.3, -0.25) is 0 Å². The molecule has 148 valence electrons. The molecule has 1 aliphatic carbocycles. The Morgan fingerprint density at radius 2 is 0.786 bits per heavy atom. The van der Waals surface area contributed by atoms with Crippen LogP contribution in [0.1, 0.15) is 81.5 Å². The Morgan fingerprint density at radius 3 is 1.11 bits per heavy atom. The molecule has 0 heteroatoms. The highest BCUT2D eigenvalue weighted by Crippen LogP contribution is 2.37. The quantitative estimate of drug-likeness (QED) is 0.449. The molecule has 0 aromatic heterocycles. The maximum atomic E-state index is 2.43. The molecule has 2 aromatic rings. The first kappa shape index (κ1) is 20.6. The summed E-state index contributed by atoms with van der Waals surface area (Å²) in [6.45, 7) is 13.6. The van der Waals surface area contributed by atoms with Gasteiger partial charge in [-0.2, -0.15) is 0 Å². The monoisotopic (exact) mass is 372 g/mol. The molecular weight excluding hydrogens is 336 g/mol. The molecule has 0 radical (unpaired) electrons. The normalized spacial score (nSPS) is 19.4. The van der Waals surface area contributed by atoms with Crippen LogP contribution < -0.4 is 0 Å². The molecule has 28 heavy (non-hydrogen) atoms. The second kappa shape index (κ2) is 8.95. The van der Waals surface area contributed by atoms with E-state index in [1.807, 2.05) is 0 Å². The molecule has 0 spiro atoms. The number of benzene rings is 2. The molecule has 0 fully saturated rings. The van der Waals surface area contributed by atoms with Crippen LogP contribution in [0.3, 0.4) is 0 Å². The molecule has 0 nitrogen and oxygen atoms in total. The Bertz CT molecular complexity index is 735. The van der Waals surface area contributed by atoms with Gasteiger partial charge in [0, 0.05) is 11.8 Å². The van der Waals surface area contributed by atoms with Gasteiger partial charge in [0.1, 0.15) is 0 Å². The first-order chi connectivity index (χ1) is 13.4. The predicted octanol–water partition coefficient (Wildman–Crippen LogP) is 8.08. The summed E-state index contributed by atoms with van der Waals surface area (Å²) >= 11 is 0. The highest BCUT2D eigenvalue weighted by atomic mass is 14.3. The van der Waals surface area contributed by atoms with Gasteiger partial charge < -0.3 is 0 Å². The smallest absolute Gasteiger partial charge is 0.0187 e.